The molecule has 6 nitrogen and oxygen atoms in total. The molecule has 0 saturated carbocycles. The van der Waals surface area contributed by atoms with Crippen LogP contribution in [0.1, 0.15) is 5.56 Å². The van der Waals surface area contributed by atoms with Gasteiger partial charge in [0.25, 0.3) is 0 Å². The number of piperazine rings is 1. The fourth-order valence-electron chi connectivity index (χ4n) is 1.81. The zero-order chi connectivity index (χ0) is 14.5. The van der Waals surface area contributed by atoms with Gasteiger partial charge in [-0.25, -0.2) is 0 Å². The first kappa shape index (κ1) is 13.8. The first-order chi connectivity index (χ1) is 9.58. The van der Waals surface area contributed by atoms with Crippen LogP contribution in [0.5, 0.6) is 5.75 Å². The van der Waals surface area contributed by atoms with Gasteiger partial charge in [0.05, 0.1) is 7.11 Å². The van der Waals surface area contributed by atoms with Crippen LogP contribution in [0.3, 0.4) is 0 Å². The van der Waals surface area contributed by atoms with Crippen molar-refractivity contribution in [1.29, 1.82) is 0 Å². The van der Waals surface area contributed by atoms with Crippen LogP contribution in [-0.4, -0.2) is 42.8 Å². The quantitative estimate of drug-likeness (QED) is 0.631. The smallest absolute Gasteiger partial charge is 0.247 e. The van der Waals surface area contributed by atoms with Gasteiger partial charge in [0.1, 0.15) is 18.8 Å². The van der Waals surface area contributed by atoms with Crippen molar-refractivity contribution in [2.45, 2.75) is 0 Å². The molecule has 0 unspecified atom stereocenters. The minimum Gasteiger partial charge on any atom is -0.497 e. The second-order valence-electron chi connectivity index (χ2n) is 4.28. The van der Waals surface area contributed by atoms with E-state index in [4.69, 9.17) is 4.74 Å². The minimum atomic E-state index is -0.468. The highest BCUT2D eigenvalue weighted by Crippen LogP contribution is 2.13. The van der Waals surface area contributed by atoms with Gasteiger partial charge in [-0.2, -0.15) is 0 Å². The van der Waals surface area contributed by atoms with Gasteiger partial charge in [-0.1, -0.05) is 12.1 Å². The first-order valence-electron chi connectivity index (χ1n) is 6.02. The van der Waals surface area contributed by atoms with Gasteiger partial charge in [0, 0.05) is 6.08 Å². The van der Waals surface area contributed by atoms with Crippen LogP contribution in [0.25, 0.3) is 6.08 Å². The summed E-state index contributed by atoms with van der Waals surface area (Å²) in [7, 11) is 1.56. The maximum absolute atomic E-state index is 11.9. The van der Waals surface area contributed by atoms with Crippen molar-refractivity contribution >= 4 is 23.8 Å². The molecule has 3 amide bonds. The third-order valence-corrected chi connectivity index (χ3v) is 2.77. The number of amides is 3. The minimum absolute atomic E-state index is 0.104. The number of imide groups is 1. The lowest BCUT2D eigenvalue weighted by Gasteiger charge is -2.24. The van der Waals surface area contributed by atoms with Crippen molar-refractivity contribution in [2.24, 2.45) is 0 Å². The summed E-state index contributed by atoms with van der Waals surface area (Å²) in [5.41, 5.74) is 0.797. The normalized spacial score (nSPS) is 15.3. The Morgan fingerprint density at radius 3 is 2.65 bits per heavy atom. The van der Waals surface area contributed by atoms with Crippen molar-refractivity contribution in [1.82, 2.24) is 10.2 Å². The van der Waals surface area contributed by atoms with E-state index in [9.17, 15) is 14.4 Å². The topological polar surface area (TPSA) is 75.7 Å². The van der Waals surface area contributed by atoms with Gasteiger partial charge in [0.2, 0.25) is 17.7 Å². The predicted octanol–water partition coefficient (Wildman–Crippen LogP) is 0.193. The Bertz CT molecular complexity index is 564. The lowest BCUT2D eigenvalue weighted by atomic mass is 10.2. The summed E-state index contributed by atoms with van der Waals surface area (Å²) in [6.07, 6.45) is 2.95. The fourth-order valence-corrected chi connectivity index (χ4v) is 1.81. The number of hydrogen-bond acceptors (Lipinski definition) is 4. The van der Waals surface area contributed by atoms with E-state index >= 15 is 0 Å². The monoisotopic (exact) mass is 274 g/mol. The molecule has 1 aliphatic rings. The molecule has 1 aliphatic heterocycles. The van der Waals surface area contributed by atoms with Crippen molar-refractivity contribution < 1.29 is 19.1 Å². The number of nitrogens with one attached hydrogen (secondary N) is 1. The molecule has 1 heterocycles. The molecule has 0 bridgehead atoms. The van der Waals surface area contributed by atoms with E-state index in [-0.39, 0.29) is 19.0 Å². The number of carbonyl (C=O) groups excluding carboxylic acids is 3. The van der Waals surface area contributed by atoms with Crippen LogP contribution < -0.4 is 10.1 Å². The van der Waals surface area contributed by atoms with E-state index in [1.165, 1.54) is 11.0 Å². The van der Waals surface area contributed by atoms with E-state index in [1.807, 2.05) is 6.07 Å². The number of hydrogen-bond donors (Lipinski definition) is 1. The maximum atomic E-state index is 11.9. The summed E-state index contributed by atoms with van der Waals surface area (Å²) in [6.45, 7) is -0.208. The van der Waals surface area contributed by atoms with Crippen LogP contribution in [0.4, 0.5) is 0 Å². The lowest BCUT2D eigenvalue weighted by Crippen LogP contribution is -2.52. The largest absolute Gasteiger partial charge is 0.497 e. The third-order valence-electron chi connectivity index (χ3n) is 2.77. The van der Waals surface area contributed by atoms with Gasteiger partial charge >= 0.3 is 0 Å². The first-order valence-corrected chi connectivity index (χ1v) is 6.02. The number of carbonyl (C=O) groups is 3. The van der Waals surface area contributed by atoms with Crippen molar-refractivity contribution in [3.05, 3.63) is 35.9 Å². The standard InChI is InChI=1S/C14H14N2O4/c1-20-11-4-2-3-10(7-11)5-6-14(19)16-8-12(17)15-13(18)9-16/h2-7H,8-9H2,1H3,(H,15,17,18). The highest BCUT2D eigenvalue weighted by molar-refractivity contribution is 6.04. The van der Waals surface area contributed by atoms with Crippen molar-refractivity contribution in [3.8, 4) is 5.75 Å². The number of nitrogens with zero attached hydrogens (tertiary/aromatic N) is 1. The van der Waals surface area contributed by atoms with Crippen molar-refractivity contribution in [2.75, 3.05) is 20.2 Å². The van der Waals surface area contributed by atoms with Crippen LogP contribution in [-0.2, 0) is 14.4 Å². The summed E-state index contributed by atoms with van der Waals surface area (Å²) < 4.78 is 5.08. The molecule has 20 heavy (non-hydrogen) atoms. The molecular formula is C14H14N2O4. The number of methoxy groups -OCH3 is 1. The van der Waals surface area contributed by atoms with Gasteiger partial charge in [-0.15, -0.1) is 0 Å². The summed E-state index contributed by atoms with van der Waals surface area (Å²) in [5, 5.41) is 2.14. The molecule has 2 rings (SSSR count). The molecule has 0 aromatic heterocycles. The molecule has 1 N–H and O–H groups in total. The molecule has 0 radical (unpaired) electrons. The summed E-state index contributed by atoms with van der Waals surface area (Å²) in [6, 6.07) is 7.20. The molecule has 1 fully saturated rings. The second kappa shape index (κ2) is 6.01. The Kier molecular flexibility index (Phi) is 4.14. The number of benzene rings is 1. The van der Waals surface area contributed by atoms with E-state index in [0.717, 1.165) is 5.56 Å². The molecule has 1 aromatic carbocycles. The highest BCUT2D eigenvalue weighted by atomic mass is 16.5. The maximum Gasteiger partial charge on any atom is 0.247 e. The van der Waals surface area contributed by atoms with Crippen LogP contribution in [0, 0.1) is 0 Å². The fraction of sp³-hybridized carbons (Fsp3) is 0.214. The molecule has 1 saturated heterocycles. The SMILES string of the molecule is COc1cccc(C=CC(=O)N2CC(=O)NC(=O)C2)c1. The summed E-state index contributed by atoms with van der Waals surface area (Å²) >= 11 is 0. The molecule has 0 aliphatic carbocycles. The van der Waals surface area contributed by atoms with E-state index in [1.54, 1.807) is 31.4 Å². The Morgan fingerprint density at radius 1 is 1.30 bits per heavy atom. The Hall–Kier alpha value is -2.63. The molecule has 0 atom stereocenters. The van der Waals surface area contributed by atoms with E-state index < -0.39 is 11.8 Å². The van der Waals surface area contributed by atoms with Crippen LogP contribution in [0.2, 0.25) is 0 Å². The summed E-state index contributed by atoms with van der Waals surface area (Å²) in [4.78, 5) is 35.4. The number of rotatable bonds is 3. The van der Waals surface area contributed by atoms with Crippen LogP contribution >= 0.6 is 0 Å². The predicted molar refractivity (Wildman–Crippen MR) is 71.8 cm³/mol. The van der Waals surface area contributed by atoms with E-state index in [2.05, 4.69) is 5.32 Å². The van der Waals surface area contributed by atoms with Gasteiger partial charge in [0.15, 0.2) is 0 Å². The Balaban J connectivity index is 2.04. The zero-order valence-corrected chi connectivity index (χ0v) is 11.0. The second-order valence-corrected chi connectivity index (χ2v) is 4.28. The molecule has 1 aromatic rings. The zero-order valence-electron chi connectivity index (χ0n) is 11.0. The number of ether oxygens (including phenoxy) is 1. The highest BCUT2D eigenvalue weighted by Gasteiger charge is 2.24. The van der Waals surface area contributed by atoms with Gasteiger partial charge < -0.3 is 9.64 Å². The average Bonchev–Trinajstić information content (AvgIpc) is 2.44. The third kappa shape index (κ3) is 3.44. The van der Waals surface area contributed by atoms with Gasteiger partial charge in [-0.05, 0) is 23.8 Å². The Labute approximate surface area is 116 Å². The molecule has 104 valence electrons. The average molecular weight is 274 g/mol. The van der Waals surface area contributed by atoms with Gasteiger partial charge in [-0.3, -0.25) is 19.7 Å². The molecular weight excluding hydrogens is 260 g/mol. The summed E-state index contributed by atoms with van der Waals surface area (Å²) in [5.74, 6) is -0.628. The van der Waals surface area contributed by atoms with Crippen LogP contribution in [0.15, 0.2) is 30.3 Å². The molecule has 0 spiro atoms. The van der Waals surface area contributed by atoms with Crippen molar-refractivity contribution in [3.63, 3.8) is 0 Å². The lowest BCUT2D eigenvalue weighted by molar-refractivity contribution is -0.143. The molecule has 6 heteroatoms. The Morgan fingerprint density at radius 2 is 2.00 bits per heavy atom. The van der Waals surface area contributed by atoms with E-state index in [0.29, 0.717) is 5.75 Å².